The van der Waals surface area contributed by atoms with Crippen molar-refractivity contribution in [3.63, 3.8) is 0 Å². The van der Waals surface area contributed by atoms with Crippen molar-refractivity contribution in [2.45, 2.75) is 31.8 Å². The van der Waals surface area contributed by atoms with Crippen molar-refractivity contribution in [1.29, 1.82) is 0 Å². The van der Waals surface area contributed by atoms with Gasteiger partial charge in [0.25, 0.3) is 0 Å². The number of carbonyl (C=O) groups is 1. The zero-order chi connectivity index (χ0) is 13.8. The number of hydrogen-bond acceptors (Lipinski definition) is 3. The van der Waals surface area contributed by atoms with Crippen LogP contribution < -0.4 is 16.4 Å². The van der Waals surface area contributed by atoms with Crippen molar-refractivity contribution < 1.29 is 4.79 Å². The van der Waals surface area contributed by atoms with Crippen LogP contribution in [0.2, 0.25) is 0 Å². The van der Waals surface area contributed by atoms with Crippen molar-refractivity contribution >= 4 is 17.4 Å². The lowest BCUT2D eigenvalue weighted by Crippen LogP contribution is -2.42. The van der Waals surface area contributed by atoms with E-state index < -0.39 is 0 Å². The molecule has 1 aromatic rings. The number of carbonyl (C=O) groups excluding carboxylic acids is 1. The molecule has 2 amide bonds. The van der Waals surface area contributed by atoms with E-state index in [1.165, 1.54) is 12.8 Å². The lowest BCUT2D eigenvalue weighted by atomic mass is 10.3. The topological polar surface area (TPSA) is 70.4 Å². The normalized spacial score (nSPS) is 16.2. The van der Waals surface area contributed by atoms with E-state index in [9.17, 15) is 4.79 Å². The van der Waals surface area contributed by atoms with Crippen molar-refractivity contribution in [3.8, 4) is 0 Å². The van der Waals surface area contributed by atoms with E-state index in [2.05, 4.69) is 29.5 Å². The summed E-state index contributed by atoms with van der Waals surface area (Å²) in [6, 6.07) is 7.98. The van der Waals surface area contributed by atoms with Crippen molar-refractivity contribution in [1.82, 2.24) is 10.2 Å². The summed E-state index contributed by atoms with van der Waals surface area (Å²) in [5.41, 5.74) is 7.02. The third-order valence-electron chi connectivity index (χ3n) is 3.54. The Bertz CT molecular complexity index is 428. The van der Waals surface area contributed by atoms with Crippen LogP contribution >= 0.6 is 0 Å². The predicted octanol–water partition coefficient (Wildman–Crippen LogP) is 1.87. The molecule has 1 aliphatic carbocycles. The lowest BCUT2D eigenvalue weighted by molar-refractivity contribution is 0.229. The maximum atomic E-state index is 11.7. The highest BCUT2D eigenvalue weighted by Crippen LogP contribution is 2.26. The van der Waals surface area contributed by atoms with E-state index in [1.54, 1.807) is 24.3 Å². The number of hydrogen-bond donors (Lipinski definition) is 3. The molecule has 5 nitrogen and oxygen atoms in total. The average molecular weight is 262 g/mol. The smallest absolute Gasteiger partial charge is 0.319 e. The molecule has 1 saturated carbocycles. The molecule has 1 atom stereocenters. The SMILES string of the molecule is CC(CNC(=O)Nc1ccc(N)cc1)N(C)C1CC1. The summed E-state index contributed by atoms with van der Waals surface area (Å²) in [5, 5.41) is 5.67. The van der Waals surface area contributed by atoms with Crippen molar-refractivity contribution in [3.05, 3.63) is 24.3 Å². The van der Waals surface area contributed by atoms with Gasteiger partial charge in [0.2, 0.25) is 0 Å². The first-order valence-corrected chi connectivity index (χ1v) is 6.68. The Morgan fingerprint density at radius 3 is 2.63 bits per heavy atom. The zero-order valence-corrected chi connectivity index (χ0v) is 11.5. The summed E-state index contributed by atoms with van der Waals surface area (Å²) in [7, 11) is 2.11. The summed E-state index contributed by atoms with van der Waals surface area (Å²) in [4.78, 5) is 14.1. The molecule has 0 heterocycles. The number of nitrogens with two attached hydrogens (primary N) is 1. The molecular formula is C14H22N4O. The minimum atomic E-state index is -0.180. The van der Waals surface area contributed by atoms with Crippen LogP contribution in [0.15, 0.2) is 24.3 Å². The van der Waals surface area contributed by atoms with Gasteiger partial charge in [-0.15, -0.1) is 0 Å². The van der Waals surface area contributed by atoms with E-state index in [-0.39, 0.29) is 6.03 Å². The first-order valence-electron chi connectivity index (χ1n) is 6.68. The average Bonchev–Trinajstić information content (AvgIpc) is 3.22. The maximum absolute atomic E-state index is 11.7. The van der Waals surface area contributed by atoms with Crippen molar-refractivity contribution in [2.75, 3.05) is 24.6 Å². The third kappa shape index (κ3) is 4.13. The molecule has 1 unspecified atom stereocenters. The minimum absolute atomic E-state index is 0.180. The number of anilines is 2. The summed E-state index contributed by atoms with van der Waals surface area (Å²) in [5.74, 6) is 0. The molecule has 0 spiro atoms. The molecule has 1 fully saturated rings. The van der Waals surface area contributed by atoms with Gasteiger partial charge in [0.05, 0.1) is 0 Å². The second-order valence-electron chi connectivity index (χ2n) is 5.20. The first-order chi connectivity index (χ1) is 9.06. The second-order valence-corrected chi connectivity index (χ2v) is 5.20. The Hall–Kier alpha value is -1.75. The van der Waals surface area contributed by atoms with E-state index >= 15 is 0 Å². The number of nitrogens with zero attached hydrogens (tertiary/aromatic N) is 1. The largest absolute Gasteiger partial charge is 0.399 e. The van der Waals surface area contributed by atoms with Crippen LogP contribution in [0.1, 0.15) is 19.8 Å². The summed E-state index contributed by atoms with van der Waals surface area (Å²) >= 11 is 0. The van der Waals surface area contributed by atoms with Gasteiger partial charge < -0.3 is 16.4 Å². The number of benzene rings is 1. The molecule has 4 N–H and O–H groups in total. The fraction of sp³-hybridized carbons (Fsp3) is 0.500. The Kier molecular flexibility index (Phi) is 4.27. The molecule has 0 aliphatic heterocycles. The van der Waals surface area contributed by atoms with Gasteiger partial charge in [-0.25, -0.2) is 4.79 Å². The van der Waals surface area contributed by atoms with Crippen LogP contribution in [-0.4, -0.2) is 36.6 Å². The number of likely N-dealkylation sites (N-methyl/N-ethyl adjacent to an activating group) is 1. The molecule has 0 saturated heterocycles. The quantitative estimate of drug-likeness (QED) is 0.709. The van der Waals surface area contributed by atoms with Gasteiger partial charge in [0.1, 0.15) is 0 Å². The number of nitrogens with one attached hydrogen (secondary N) is 2. The highest BCUT2D eigenvalue weighted by Gasteiger charge is 2.29. The lowest BCUT2D eigenvalue weighted by Gasteiger charge is -2.24. The summed E-state index contributed by atoms with van der Waals surface area (Å²) in [6.07, 6.45) is 2.55. The molecule has 2 rings (SSSR count). The fourth-order valence-corrected chi connectivity index (χ4v) is 1.97. The number of amides is 2. The van der Waals surface area contributed by atoms with Crippen molar-refractivity contribution in [2.24, 2.45) is 0 Å². The van der Waals surface area contributed by atoms with Gasteiger partial charge >= 0.3 is 6.03 Å². The van der Waals surface area contributed by atoms with E-state index in [4.69, 9.17) is 5.73 Å². The first kappa shape index (κ1) is 13.7. The van der Waals surface area contributed by atoms with Crippen LogP contribution in [0.25, 0.3) is 0 Å². The highest BCUT2D eigenvalue weighted by atomic mass is 16.2. The van der Waals surface area contributed by atoms with Gasteiger partial charge in [-0.2, -0.15) is 0 Å². The molecule has 0 radical (unpaired) electrons. The zero-order valence-electron chi connectivity index (χ0n) is 11.5. The minimum Gasteiger partial charge on any atom is -0.399 e. The van der Waals surface area contributed by atoms with Gasteiger partial charge in [0.15, 0.2) is 0 Å². The Morgan fingerprint density at radius 1 is 1.42 bits per heavy atom. The summed E-state index contributed by atoms with van der Waals surface area (Å²) < 4.78 is 0. The van der Waals surface area contributed by atoms with Crippen LogP contribution in [0.5, 0.6) is 0 Å². The van der Waals surface area contributed by atoms with Gasteiger partial charge in [-0.1, -0.05) is 0 Å². The standard InChI is InChI=1S/C14H22N4O/c1-10(18(2)13-7-8-13)9-16-14(19)17-12-5-3-11(15)4-6-12/h3-6,10,13H,7-9,15H2,1-2H3,(H2,16,17,19). The second kappa shape index (κ2) is 5.93. The summed E-state index contributed by atoms with van der Waals surface area (Å²) in [6.45, 7) is 2.77. The molecule has 19 heavy (non-hydrogen) atoms. The molecule has 0 aromatic heterocycles. The van der Waals surface area contributed by atoms with E-state index in [0.717, 1.165) is 5.69 Å². The molecule has 0 bridgehead atoms. The molecule has 5 heteroatoms. The number of nitrogen functional groups attached to an aromatic ring is 1. The molecule has 1 aromatic carbocycles. The van der Waals surface area contributed by atoms with Crippen LogP contribution in [0.3, 0.4) is 0 Å². The monoisotopic (exact) mass is 262 g/mol. The maximum Gasteiger partial charge on any atom is 0.319 e. The molecular weight excluding hydrogens is 240 g/mol. The number of rotatable bonds is 5. The van der Waals surface area contributed by atoms with Crippen LogP contribution in [-0.2, 0) is 0 Å². The predicted molar refractivity (Wildman–Crippen MR) is 78.1 cm³/mol. The van der Waals surface area contributed by atoms with E-state index in [1.807, 2.05) is 0 Å². The van der Waals surface area contributed by atoms with Crippen LogP contribution in [0, 0.1) is 0 Å². The van der Waals surface area contributed by atoms with Gasteiger partial charge in [-0.05, 0) is 51.1 Å². The highest BCUT2D eigenvalue weighted by molar-refractivity contribution is 5.89. The molecule has 104 valence electrons. The Morgan fingerprint density at radius 2 is 2.05 bits per heavy atom. The van der Waals surface area contributed by atoms with Crippen LogP contribution in [0.4, 0.5) is 16.2 Å². The number of urea groups is 1. The van der Waals surface area contributed by atoms with Gasteiger partial charge in [-0.3, -0.25) is 4.90 Å². The third-order valence-corrected chi connectivity index (χ3v) is 3.54. The van der Waals surface area contributed by atoms with E-state index in [0.29, 0.717) is 24.3 Å². The fourth-order valence-electron chi connectivity index (χ4n) is 1.97. The molecule has 1 aliphatic rings. The van der Waals surface area contributed by atoms with Gasteiger partial charge in [0, 0.05) is 30.0 Å². The Labute approximate surface area is 114 Å². The Balaban J connectivity index is 1.73.